The zero-order valence-corrected chi connectivity index (χ0v) is 15.1. The molecular formula is C17H16FN3O9. The van der Waals surface area contributed by atoms with Crippen molar-refractivity contribution >= 4 is 16.9 Å². The van der Waals surface area contributed by atoms with Gasteiger partial charge in [0.15, 0.2) is 6.10 Å². The van der Waals surface area contributed by atoms with E-state index in [2.05, 4.69) is 10.0 Å². The van der Waals surface area contributed by atoms with Crippen LogP contribution in [0, 0.1) is 0 Å². The number of aliphatic hydroxyl groups is 3. The first-order valence-corrected chi connectivity index (χ1v) is 8.53. The third kappa shape index (κ3) is 3.92. The van der Waals surface area contributed by atoms with Gasteiger partial charge in [-0.05, 0) is 23.2 Å². The van der Waals surface area contributed by atoms with Gasteiger partial charge < -0.3 is 34.3 Å². The Kier molecular flexibility index (Phi) is 6.20. The first kappa shape index (κ1) is 21.5. The van der Waals surface area contributed by atoms with Crippen molar-refractivity contribution in [3.8, 4) is 5.75 Å². The molecule has 1 saturated heterocycles. The Morgan fingerprint density at radius 1 is 1.27 bits per heavy atom. The molecule has 1 fully saturated rings. The van der Waals surface area contributed by atoms with E-state index in [4.69, 9.17) is 24.5 Å². The lowest BCUT2D eigenvalue weighted by Crippen LogP contribution is -2.61. The molecule has 160 valence electrons. The molecule has 2 aromatic rings. The molecule has 0 spiro atoms. The summed E-state index contributed by atoms with van der Waals surface area (Å²) >= 11 is 0. The summed E-state index contributed by atoms with van der Waals surface area (Å²) in [6, 6.07) is 3.72. The minimum Gasteiger partial charge on any atom is -0.479 e. The highest BCUT2D eigenvalue weighted by molar-refractivity contribution is 5.85. The van der Waals surface area contributed by atoms with Crippen molar-refractivity contribution in [1.29, 1.82) is 0 Å². The van der Waals surface area contributed by atoms with Gasteiger partial charge in [0.1, 0.15) is 36.3 Å². The van der Waals surface area contributed by atoms with Crippen LogP contribution in [0.3, 0.4) is 0 Å². The van der Waals surface area contributed by atoms with Crippen LogP contribution in [0.15, 0.2) is 32.5 Å². The third-order valence-electron chi connectivity index (χ3n) is 4.55. The maximum absolute atomic E-state index is 13.8. The predicted octanol–water partition coefficient (Wildman–Crippen LogP) is 0.344. The van der Waals surface area contributed by atoms with Crippen LogP contribution < -0.4 is 10.4 Å². The fraction of sp³-hybridized carbons (Fsp3) is 0.412. The number of nitrogens with zero attached hydrogens (tertiary/aromatic N) is 3. The van der Waals surface area contributed by atoms with Gasteiger partial charge in [-0.15, -0.1) is 0 Å². The van der Waals surface area contributed by atoms with Crippen LogP contribution in [0.25, 0.3) is 21.4 Å². The van der Waals surface area contributed by atoms with E-state index in [1.807, 2.05) is 0 Å². The van der Waals surface area contributed by atoms with Gasteiger partial charge in [-0.3, -0.25) is 0 Å². The number of carboxylic acids is 1. The number of ether oxygens (including phenoxy) is 2. The smallest absolute Gasteiger partial charge is 0.336 e. The molecule has 13 heteroatoms. The maximum Gasteiger partial charge on any atom is 0.336 e. The number of aliphatic hydroxyl groups excluding tert-OH is 3. The van der Waals surface area contributed by atoms with Crippen LogP contribution in [0.5, 0.6) is 5.75 Å². The summed E-state index contributed by atoms with van der Waals surface area (Å²) in [5, 5.41) is 42.4. The summed E-state index contributed by atoms with van der Waals surface area (Å²) in [6.45, 7) is -1.38. The number of aliphatic carboxylic acids is 1. The number of carbonyl (C=O) groups is 1. The van der Waals surface area contributed by atoms with Crippen molar-refractivity contribution in [2.75, 3.05) is 0 Å². The van der Waals surface area contributed by atoms with Crippen LogP contribution >= 0.6 is 0 Å². The number of azide groups is 1. The summed E-state index contributed by atoms with van der Waals surface area (Å²) in [5.41, 5.74) is 7.46. The number of rotatable bonds is 6. The summed E-state index contributed by atoms with van der Waals surface area (Å²) in [5.74, 6) is -1.87. The van der Waals surface area contributed by atoms with E-state index in [1.54, 1.807) is 0 Å². The Morgan fingerprint density at radius 3 is 2.63 bits per heavy atom. The van der Waals surface area contributed by atoms with Crippen molar-refractivity contribution in [1.82, 2.24) is 0 Å². The fourth-order valence-corrected chi connectivity index (χ4v) is 3.08. The topological polar surface area (TPSA) is 195 Å². The van der Waals surface area contributed by atoms with Gasteiger partial charge in [0, 0.05) is 16.4 Å². The van der Waals surface area contributed by atoms with E-state index in [0.717, 1.165) is 6.07 Å². The normalized spacial score (nSPS) is 26.2. The van der Waals surface area contributed by atoms with Crippen molar-refractivity contribution in [2.45, 2.75) is 43.9 Å². The SMILES string of the molecule is [N-]=[N+]=NCc1cc(=O)oc2c(CF)c(OC3OC(C(=O)O)C(O)C(O)C3O)ccc12. The van der Waals surface area contributed by atoms with Gasteiger partial charge in [-0.2, -0.15) is 0 Å². The van der Waals surface area contributed by atoms with E-state index in [0.29, 0.717) is 0 Å². The van der Waals surface area contributed by atoms with Gasteiger partial charge in [0.2, 0.25) is 6.29 Å². The second-order valence-corrected chi connectivity index (χ2v) is 6.39. The van der Waals surface area contributed by atoms with Crippen LogP contribution in [-0.4, -0.2) is 57.1 Å². The quantitative estimate of drug-likeness (QED) is 0.218. The first-order chi connectivity index (χ1) is 14.3. The number of benzene rings is 1. The third-order valence-corrected chi connectivity index (χ3v) is 4.55. The Bertz CT molecular complexity index is 1070. The molecule has 2 heterocycles. The second kappa shape index (κ2) is 8.65. The molecule has 0 radical (unpaired) electrons. The molecule has 1 aliphatic heterocycles. The van der Waals surface area contributed by atoms with E-state index >= 15 is 0 Å². The van der Waals surface area contributed by atoms with E-state index in [1.165, 1.54) is 12.1 Å². The number of alkyl halides is 1. The minimum atomic E-state index is -1.92. The molecule has 1 aromatic carbocycles. The van der Waals surface area contributed by atoms with Gasteiger partial charge >= 0.3 is 11.6 Å². The largest absolute Gasteiger partial charge is 0.479 e. The molecule has 12 nitrogen and oxygen atoms in total. The molecule has 3 rings (SSSR count). The highest BCUT2D eigenvalue weighted by atomic mass is 19.1. The summed E-state index contributed by atoms with van der Waals surface area (Å²) in [7, 11) is 0. The predicted molar refractivity (Wildman–Crippen MR) is 95.1 cm³/mol. The van der Waals surface area contributed by atoms with Gasteiger partial charge in [0.05, 0.1) is 12.1 Å². The number of fused-ring (bicyclic) bond motifs is 1. The van der Waals surface area contributed by atoms with Crippen LogP contribution in [0.1, 0.15) is 11.1 Å². The maximum atomic E-state index is 13.8. The number of halogens is 1. The van der Waals surface area contributed by atoms with E-state index in [9.17, 15) is 29.3 Å². The lowest BCUT2D eigenvalue weighted by Gasteiger charge is -2.38. The Hall–Kier alpha value is -3.22. The number of hydrogen-bond donors (Lipinski definition) is 4. The molecule has 0 saturated carbocycles. The number of hydrogen-bond acceptors (Lipinski definition) is 9. The lowest BCUT2D eigenvalue weighted by atomic mass is 9.99. The van der Waals surface area contributed by atoms with Crippen LogP contribution in [0.4, 0.5) is 4.39 Å². The first-order valence-electron chi connectivity index (χ1n) is 8.53. The van der Waals surface area contributed by atoms with Gasteiger partial charge in [-0.1, -0.05) is 5.11 Å². The summed E-state index contributed by atoms with van der Waals surface area (Å²) < 4.78 is 29.3. The zero-order valence-electron chi connectivity index (χ0n) is 15.1. The molecule has 5 atom stereocenters. The lowest BCUT2D eigenvalue weighted by molar-refractivity contribution is -0.271. The standard InChI is InChI=1S/C17H16FN3O9/c18-4-8-9(28-17-13(25)11(23)12(24)15(30-17)16(26)27)2-1-7-6(5-20-21-19)3-10(22)29-14(7)8/h1-3,11-13,15,17,23-25H,4-5H2,(H,26,27). The monoisotopic (exact) mass is 425 g/mol. The van der Waals surface area contributed by atoms with E-state index < -0.39 is 49.0 Å². The Balaban J connectivity index is 2.03. The molecule has 4 N–H and O–H groups in total. The van der Waals surface area contributed by atoms with Crippen molar-refractivity contribution in [2.24, 2.45) is 5.11 Å². The average Bonchev–Trinajstić information content (AvgIpc) is 2.71. The Morgan fingerprint density at radius 2 is 2.00 bits per heavy atom. The van der Waals surface area contributed by atoms with Crippen molar-refractivity contribution in [3.05, 3.63) is 50.2 Å². The molecule has 5 unspecified atom stereocenters. The number of carboxylic acid groups (broad SMARTS) is 1. The highest BCUT2D eigenvalue weighted by Crippen LogP contribution is 2.33. The molecule has 30 heavy (non-hydrogen) atoms. The van der Waals surface area contributed by atoms with Gasteiger partial charge in [-0.25, -0.2) is 14.0 Å². The summed E-state index contributed by atoms with van der Waals surface area (Å²) in [4.78, 5) is 25.6. The average molecular weight is 425 g/mol. The van der Waals surface area contributed by atoms with Crippen molar-refractivity contribution in [3.63, 3.8) is 0 Å². The van der Waals surface area contributed by atoms with Gasteiger partial charge in [0.25, 0.3) is 0 Å². The minimum absolute atomic E-state index is 0.195. The summed E-state index contributed by atoms with van der Waals surface area (Å²) in [6.07, 6.45) is -9.37. The second-order valence-electron chi connectivity index (χ2n) is 6.39. The molecule has 0 amide bonds. The Labute approximate surface area is 166 Å². The van der Waals surface area contributed by atoms with Crippen molar-refractivity contribution < 1.29 is 43.5 Å². The van der Waals surface area contributed by atoms with Crippen LogP contribution in [-0.2, 0) is 22.8 Å². The molecule has 1 aromatic heterocycles. The molecular weight excluding hydrogens is 409 g/mol. The fourth-order valence-electron chi connectivity index (χ4n) is 3.08. The molecule has 1 aliphatic rings. The molecule has 0 bridgehead atoms. The zero-order chi connectivity index (χ0) is 22.0. The molecule has 0 aliphatic carbocycles. The van der Waals surface area contributed by atoms with Crippen LogP contribution in [0.2, 0.25) is 0 Å². The highest BCUT2D eigenvalue weighted by Gasteiger charge is 2.48. The van der Waals surface area contributed by atoms with E-state index in [-0.39, 0.29) is 34.4 Å².